The van der Waals surface area contributed by atoms with Gasteiger partial charge in [0.2, 0.25) is 0 Å². The van der Waals surface area contributed by atoms with E-state index >= 15 is 0 Å². The second-order valence-electron chi connectivity index (χ2n) is 4.76. The average Bonchev–Trinajstić information content (AvgIpc) is 3.04. The quantitative estimate of drug-likeness (QED) is 0.703. The van der Waals surface area contributed by atoms with Gasteiger partial charge < -0.3 is 4.57 Å². The second-order valence-corrected chi connectivity index (χ2v) is 4.76. The first-order chi connectivity index (χ1) is 7.68. The van der Waals surface area contributed by atoms with Crippen molar-refractivity contribution in [3.63, 3.8) is 0 Å². The van der Waals surface area contributed by atoms with Crippen molar-refractivity contribution in [2.24, 2.45) is 13.0 Å². The Labute approximate surface area is 94.9 Å². The molecule has 82 valence electrons. The fourth-order valence-corrected chi connectivity index (χ4v) is 2.43. The summed E-state index contributed by atoms with van der Waals surface area (Å²) in [7, 11) is 2.01. The highest BCUT2D eigenvalue weighted by molar-refractivity contribution is 6.10. The maximum absolute atomic E-state index is 12.1. The maximum Gasteiger partial charge on any atom is 0.168 e. The zero-order valence-electron chi connectivity index (χ0n) is 9.66. The van der Waals surface area contributed by atoms with Crippen LogP contribution in [-0.2, 0) is 7.05 Å². The van der Waals surface area contributed by atoms with Crippen LogP contribution in [0.15, 0.2) is 24.4 Å². The van der Waals surface area contributed by atoms with Crippen molar-refractivity contribution in [1.82, 2.24) is 4.57 Å². The van der Waals surface area contributed by atoms with E-state index in [2.05, 4.69) is 23.6 Å². The van der Waals surface area contributed by atoms with Gasteiger partial charge in [0, 0.05) is 30.1 Å². The van der Waals surface area contributed by atoms with Crippen LogP contribution in [-0.4, -0.2) is 10.4 Å². The van der Waals surface area contributed by atoms with Crippen LogP contribution in [0.1, 0.15) is 28.8 Å². The number of hydrogen-bond donors (Lipinski definition) is 0. The molecule has 0 atom stereocenters. The number of aromatic nitrogens is 1. The molecule has 2 heteroatoms. The second kappa shape index (κ2) is 3.21. The SMILES string of the molecule is Cc1cccc2c(C(=O)C3CC3)cn(C)c12. The van der Waals surface area contributed by atoms with E-state index < -0.39 is 0 Å². The van der Waals surface area contributed by atoms with Gasteiger partial charge in [0.1, 0.15) is 0 Å². The Morgan fingerprint density at radius 1 is 1.38 bits per heavy atom. The van der Waals surface area contributed by atoms with Crippen molar-refractivity contribution in [3.05, 3.63) is 35.5 Å². The minimum absolute atomic E-state index is 0.297. The minimum Gasteiger partial charge on any atom is -0.350 e. The number of ketones is 1. The Balaban J connectivity index is 2.25. The lowest BCUT2D eigenvalue weighted by molar-refractivity contribution is 0.0969. The molecule has 1 aliphatic rings. The van der Waals surface area contributed by atoms with E-state index in [1.807, 2.05) is 19.3 Å². The summed E-state index contributed by atoms with van der Waals surface area (Å²) >= 11 is 0. The zero-order chi connectivity index (χ0) is 11.3. The summed E-state index contributed by atoms with van der Waals surface area (Å²) in [6.07, 6.45) is 4.13. The van der Waals surface area contributed by atoms with Gasteiger partial charge in [-0.1, -0.05) is 18.2 Å². The fourth-order valence-electron chi connectivity index (χ4n) is 2.43. The summed E-state index contributed by atoms with van der Waals surface area (Å²) in [4.78, 5) is 12.1. The highest BCUT2D eigenvalue weighted by Gasteiger charge is 2.32. The third-order valence-corrected chi connectivity index (χ3v) is 3.42. The Kier molecular flexibility index (Phi) is 1.93. The van der Waals surface area contributed by atoms with Gasteiger partial charge in [-0.15, -0.1) is 0 Å². The standard InChI is InChI=1S/C14H15NO/c1-9-4-3-5-11-12(8-15(2)13(9)11)14(16)10-6-7-10/h3-5,8,10H,6-7H2,1-2H3. The fraction of sp³-hybridized carbons (Fsp3) is 0.357. The Bertz CT molecular complexity index is 576. The molecule has 2 aromatic rings. The molecule has 0 N–H and O–H groups in total. The van der Waals surface area contributed by atoms with Crippen LogP contribution in [0.5, 0.6) is 0 Å². The topological polar surface area (TPSA) is 22.0 Å². The maximum atomic E-state index is 12.1. The van der Waals surface area contributed by atoms with Gasteiger partial charge in [-0.3, -0.25) is 4.79 Å². The predicted molar refractivity (Wildman–Crippen MR) is 64.7 cm³/mol. The summed E-state index contributed by atoms with van der Waals surface area (Å²) in [5.41, 5.74) is 3.32. The van der Waals surface area contributed by atoms with Gasteiger partial charge in [-0.25, -0.2) is 0 Å². The molecule has 2 nitrogen and oxygen atoms in total. The van der Waals surface area contributed by atoms with E-state index in [9.17, 15) is 4.79 Å². The van der Waals surface area contributed by atoms with Gasteiger partial charge in [0.25, 0.3) is 0 Å². The third kappa shape index (κ3) is 1.29. The molecule has 1 aromatic carbocycles. The van der Waals surface area contributed by atoms with Gasteiger partial charge >= 0.3 is 0 Å². The van der Waals surface area contributed by atoms with Gasteiger partial charge in [-0.2, -0.15) is 0 Å². The van der Waals surface area contributed by atoms with Crippen LogP contribution < -0.4 is 0 Å². The van der Waals surface area contributed by atoms with Gasteiger partial charge in [0.05, 0.1) is 5.52 Å². The Hall–Kier alpha value is -1.57. The van der Waals surface area contributed by atoms with Crippen molar-refractivity contribution in [2.45, 2.75) is 19.8 Å². The molecule has 1 heterocycles. The number of nitrogens with zero attached hydrogens (tertiary/aromatic N) is 1. The largest absolute Gasteiger partial charge is 0.350 e. The number of benzene rings is 1. The Morgan fingerprint density at radius 2 is 2.12 bits per heavy atom. The lowest BCUT2D eigenvalue weighted by atomic mass is 10.0. The summed E-state index contributed by atoms with van der Waals surface area (Å²) in [5, 5.41) is 1.11. The molecule has 3 rings (SSSR count). The van der Waals surface area contributed by atoms with E-state index in [0.717, 1.165) is 23.8 Å². The van der Waals surface area contributed by atoms with Crippen molar-refractivity contribution < 1.29 is 4.79 Å². The molecule has 0 amide bonds. The molecule has 1 saturated carbocycles. The summed E-state index contributed by atoms with van der Waals surface area (Å²) in [6, 6.07) is 6.17. The molecule has 0 unspecified atom stereocenters. The average molecular weight is 213 g/mol. The number of carbonyl (C=O) groups is 1. The summed E-state index contributed by atoms with van der Waals surface area (Å²) in [6.45, 7) is 2.09. The first kappa shape index (κ1) is 9.64. The van der Waals surface area contributed by atoms with Crippen molar-refractivity contribution in [1.29, 1.82) is 0 Å². The molecule has 0 bridgehead atoms. The van der Waals surface area contributed by atoms with Crippen LogP contribution in [0.4, 0.5) is 0 Å². The number of aryl methyl sites for hydroxylation is 2. The molecular formula is C14H15NO. The van der Waals surface area contributed by atoms with E-state index in [1.54, 1.807) is 0 Å². The number of carbonyl (C=O) groups excluding carboxylic acids is 1. The number of fused-ring (bicyclic) bond motifs is 1. The predicted octanol–water partition coefficient (Wildman–Crippen LogP) is 3.08. The number of hydrogen-bond acceptors (Lipinski definition) is 1. The van der Waals surface area contributed by atoms with Crippen molar-refractivity contribution >= 4 is 16.7 Å². The first-order valence-electron chi connectivity index (χ1n) is 5.77. The van der Waals surface area contributed by atoms with Gasteiger partial charge in [-0.05, 0) is 25.3 Å². The van der Waals surface area contributed by atoms with Crippen LogP contribution in [0, 0.1) is 12.8 Å². The van der Waals surface area contributed by atoms with Crippen molar-refractivity contribution in [2.75, 3.05) is 0 Å². The number of para-hydroxylation sites is 1. The molecule has 1 aliphatic carbocycles. The highest BCUT2D eigenvalue weighted by atomic mass is 16.1. The van der Waals surface area contributed by atoms with Crippen molar-refractivity contribution in [3.8, 4) is 0 Å². The van der Waals surface area contributed by atoms with Crippen LogP contribution in [0.25, 0.3) is 10.9 Å². The lowest BCUT2D eigenvalue weighted by Crippen LogP contribution is -1.99. The molecular weight excluding hydrogens is 198 g/mol. The van der Waals surface area contributed by atoms with Gasteiger partial charge in [0.15, 0.2) is 5.78 Å². The number of Topliss-reactive ketones (excluding diaryl/α,β-unsaturated/α-hetero) is 1. The molecule has 1 aromatic heterocycles. The molecule has 0 aliphatic heterocycles. The van der Waals surface area contributed by atoms with Crippen LogP contribution >= 0.6 is 0 Å². The monoisotopic (exact) mass is 213 g/mol. The van der Waals surface area contributed by atoms with Crippen LogP contribution in [0.3, 0.4) is 0 Å². The van der Waals surface area contributed by atoms with Crippen LogP contribution in [0.2, 0.25) is 0 Å². The summed E-state index contributed by atoms with van der Waals surface area (Å²) < 4.78 is 2.07. The third-order valence-electron chi connectivity index (χ3n) is 3.42. The van der Waals surface area contributed by atoms with E-state index in [4.69, 9.17) is 0 Å². The molecule has 16 heavy (non-hydrogen) atoms. The zero-order valence-corrected chi connectivity index (χ0v) is 9.66. The van der Waals surface area contributed by atoms with E-state index in [-0.39, 0.29) is 0 Å². The smallest absolute Gasteiger partial charge is 0.168 e. The molecule has 0 radical (unpaired) electrons. The minimum atomic E-state index is 0.297. The summed E-state index contributed by atoms with van der Waals surface area (Å²) in [5.74, 6) is 0.627. The Morgan fingerprint density at radius 3 is 2.81 bits per heavy atom. The van der Waals surface area contributed by atoms with E-state index in [1.165, 1.54) is 11.1 Å². The molecule has 1 fully saturated rings. The normalized spacial score (nSPS) is 15.6. The van der Waals surface area contributed by atoms with E-state index in [0.29, 0.717) is 11.7 Å². The molecule has 0 spiro atoms. The number of rotatable bonds is 2. The molecule has 0 saturated heterocycles. The first-order valence-corrected chi connectivity index (χ1v) is 5.77. The highest BCUT2D eigenvalue weighted by Crippen LogP contribution is 2.35. The lowest BCUT2D eigenvalue weighted by Gasteiger charge is -2.00.